The average Bonchev–Trinajstić information content (AvgIpc) is 1.65. The Balaban J connectivity index is 0. The molecular formula is C3H6NaO3. The van der Waals surface area contributed by atoms with Gasteiger partial charge in [-0.15, -0.1) is 0 Å². The van der Waals surface area contributed by atoms with E-state index >= 15 is 0 Å². The summed E-state index contributed by atoms with van der Waals surface area (Å²) >= 11 is 0. The molecule has 2 N–H and O–H groups in total. The molecule has 0 saturated heterocycles. The minimum atomic E-state index is -1.19. The van der Waals surface area contributed by atoms with E-state index in [1.807, 2.05) is 0 Å². The van der Waals surface area contributed by atoms with Gasteiger partial charge in [-0.05, 0) is 0 Å². The van der Waals surface area contributed by atoms with E-state index in [4.69, 9.17) is 10.2 Å². The van der Waals surface area contributed by atoms with Crippen LogP contribution in [-0.2, 0) is 4.79 Å². The first-order valence-corrected chi connectivity index (χ1v) is 1.55. The van der Waals surface area contributed by atoms with Crippen LogP contribution in [0.4, 0.5) is 0 Å². The van der Waals surface area contributed by atoms with Crippen molar-refractivity contribution in [2.45, 2.75) is 6.10 Å². The summed E-state index contributed by atoms with van der Waals surface area (Å²) in [7, 11) is 0. The molecule has 0 aromatic rings. The first-order valence-electron chi connectivity index (χ1n) is 1.55. The average molecular weight is 113 g/mol. The molecule has 7 heavy (non-hydrogen) atoms. The van der Waals surface area contributed by atoms with Crippen molar-refractivity contribution in [3.63, 3.8) is 0 Å². The van der Waals surface area contributed by atoms with Gasteiger partial charge in [-0.3, -0.25) is 0 Å². The van der Waals surface area contributed by atoms with Gasteiger partial charge in [0.25, 0.3) is 0 Å². The topological polar surface area (TPSA) is 57.5 Å². The zero-order valence-electron chi connectivity index (χ0n) is 4.16. The fraction of sp³-hybridized carbons (Fsp3) is 0.667. The van der Waals surface area contributed by atoms with Gasteiger partial charge in [0.05, 0.1) is 6.61 Å². The quantitative estimate of drug-likeness (QED) is 0.326. The van der Waals surface area contributed by atoms with Gasteiger partial charge in [-0.1, -0.05) is 0 Å². The number of rotatable bonds is 2. The SMILES string of the molecule is O=C[C@H](O)CO.[Na]. The summed E-state index contributed by atoms with van der Waals surface area (Å²) in [6.45, 7) is -0.483. The number of aliphatic hydroxyl groups excluding tert-OH is 2. The van der Waals surface area contributed by atoms with E-state index in [-0.39, 0.29) is 35.8 Å². The summed E-state index contributed by atoms with van der Waals surface area (Å²) in [5.74, 6) is 0. The zero-order valence-corrected chi connectivity index (χ0v) is 6.16. The van der Waals surface area contributed by atoms with Crippen molar-refractivity contribution in [1.82, 2.24) is 0 Å². The third-order valence-electron chi connectivity index (χ3n) is 0.344. The van der Waals surface area contributed by atoms with Crippen LogP contribution in [0.1, 0.15) is 0 Å². The fourth-order valence-corrected chi connectivity index (χ4v) is 0.0430. The minimum absolute atomic E-state index is 0. The van der Waals surface area contributed by atoms with E-state index in [0.29, 0.717) is 0 Å². The maximum atomic E-state index is 9.33. The molecule has 0 fully saturated rings. The first kappa shape index (κ1) is 10.5. The van der Waals surface area contributed by atoms with Crippen LogP contribution < -0.4 is 0 Å². The molecule has 3 nitrogen and oxygen atoms in total. The Morgan fingerprint density at radius 3 is 2.14 bits per heavy atom. The van der Waals surface area contributed by atoms with Crippen LogP contribution in [0.25, 0.3) is 0 Å². The summed E-state index contributed by atoms with van der Waals surface area (Å²) in [5.41, 5.74) is 0. The molecule has 37 valence electrons. The summed E-state index contributed by atoms with van der Waals surface area (Å²) in [5, 5.41) is 15.9. The minimum Gasteiger partial charge on any atom is -0.393 e. The second-order valence-corrected chi connectivity index (χ2v) is 0.886. The summed E-state index contributed by atoms with van der Waals surface area (Å²) in [6, 6.07) is 0. The van der Waals surface area contributed by atoms with Gasteiger partial charge < -0.3 is 15.0 Å². The summed E-state index contributed by atoms with van der Waals surface area (Å²) < 4.78 is 0. The molecule has 0 spiro atoms. The monoisotopic (exact) mass is 113 g/mol. The van der Waals surface area contributed by atoms with Crippen LogP contribution in [0.5, 0.6) is 0 Å². The Kier molecular flexibility index (Phi) is 9.93. The Bertz CT molecular complexity index is 47.4. The molecule has 0 aromatic carbocycles. The second kappa shape index (κ2) is 6.59. The van der Waals surface area contributed by atoms with Crippen molar-refractivity contribution in [2.75, 3.05) is 6.61 Å². The van der Waals surface area contributed by atoms with Gasteiger partial charge in [0.15, 0.2) is 6.29 Å². The molecular weight excluding hydrogens is 107 g/mol. The third-order valence-corrected chi connectivity index (χ3v) is 0.344. The van der Waals surface area contributed by atoms with E-state index in [1.54, 1.807) is 0 Å². The molecule has 0 amide bonds. The van der Waals surface area contributed by atoms with E-state index < -0.39 is 12.7 Å². The van der Waals surface area contributed by atoms with Crippen LogP contribution in [0, 0.1) is 0 Å². The molecule has 0 aliphatic carbocycles. The van der Waals surface area contributed by atoms with Crippen LogP contribution in [0.2, 0.25) is 0 Å². The van der Waals surface area contributed by atoms with Crippen LogP contribution in [0.3, 0.4) is 0 Å². The maximum absolute atomic E-state index is 9.33. The van der Waals surface area contributed by atoms with Gasteiger partial charge in [-0.25, -0.2) is 0 Å². The Hall–Kier alpha value is 0.590. The number of carbonyl (C=O) groups is 1. The van der Waals surface area contributed by atoms with Gasteiger partial charge >= 0.3 is 0 Å². The van der Waals surface area contributed by atoms with E-state index in [0.717, 1.165) is 0 Å². The molecule has 0 unspecified atom stereocenters. The Labute approximate surface area is 63.6 Å². The predicted molar refractivity (Wildman–Crippen MR) is 24.9 cm³/mol. The second-order valence-electron chi connectivity index (χ2n) is 0.886. The molecule has 1 atom stereocenters. The summed E-state index contributed by atoms with van der Waals surface area (Å²) in [6.07, 6.45) is -0.912. The Morgan fingerprint density at radius 2 is 2.14 bits per heavy atom. The van der Waals surface area contributed by atoms with Gasteiger partial charge in [0, 0.05) is 29.6 Å². The molecule has 0 aromatic heterocycles. The largest absolute Gasteiger partial charge is 0.393 e. The standard InChI is InChI=1S/C3H6O3.Na/c4-1-3(6)2-5;/h1,3,5-6H,2H2;/t3-;/m0./s1. The normalized spacial score (nSPS) is 11.7. The van der Waals surface area contributed by atoms with Crippen molar-refractivity contribution in [3.05, 3.63) is 0 Å². The van der Waals surface area contributed by atoms with E-state index in [1.165, 1.54) is 0 Å². The van der Waals surface area contributed by atoms with Crippen LogP contribution >= 0.6 is 0 Å². The zero-order chi connectivity index (χ0) is 4.99. The number of aldehydes is 1. The fourth-order valence-electron chi connectivity index (χ4n) is 0.0430. The van der Waals surface area contributed by atoms with E-state index in [9.17, 15) is 4.79 Å². The van der Waals surface area contributed by atoms with Crippen LogP contribution in [0.15, 0.2) is 0 Å². The van der Waals surface area contributed by atoms with Crippen molar-refractivity contribution >= 4 is 35.8 Å². The van der Waals surface area contributed by atoms with Crippen molar-refractivity contribution in [2.24, 2.45) is 0 Å². The van der Waals surface area contributed by atoms with E-state index in [2.05, 4.69) is 0 Å². The number of aliphatic hydroxyl groups is 2. The van der Waals surface area contributed by atoms with Gasteiger partial charge in [0.2, 0.25) is 0 Å². The molecule has 0 rings (SSSR count). The molecule has 0 saturated carbocycles. The first-order chi connectivity index (χ1) is 2.81. The molecule has 1 radical (unpaired) electrons. The predicted octanol–water partition coefficient (Wildman–Crippen LogP) is -1.84. The van der Waals surface area contributed by atoms with Crippen molar-refractivity contribution in [3.8, 4) is 0 Å². The molecule has 0 bridgehead atoms. The Morgan fingerprint density at radius 1 is 1.71 bits per heavy atom. The number of hydrogen-bond acceptors (Lipinski definition) is 3. The van der Waals surface area contributed by atoms with Crippen LogP contribution in [-0.4, -0.2) is 58.8 Å². The molecule has 0 heterocycles. The number of hydrogen-bond donors (Lipinski definition) is 2. The van der Waals surface area contributed by atoms with Gasteiger partial charge in [0.1, 0.15) is 6.10 Å². The molecule has 4 heteroatoms. The summed E-state index contributed by atoms with van der Waals surface area (Å²) in [4.78, 5) is 9.33. The van der Waals surface area contributed by atoms with Gasteiger partial charge in [-0.2, -0.15) is 0 Å². The third kappa shape index (κ3) is 6.59. The van der Waals surface area contributed by atoms with Crippen molar-refractivity contribution < 1.29 is 15.0 Å². The smallest absolute Gasteiger partial charge is 0.150 e. The molecule has 0 aliphatic rings. The maximum Gasteiger partial charge on any atom is 0.150 e. The van der Waals surface area contributed by atoms with Crippen molar-refractivity contribution in [1.29, 1.82) is 0 Å². The number of carbonyl (C=O) groups excluding carboxylic acids is 1. The molecule has 0 aliphatic heterocycles.